The summed E-state index contributed by atoms with van der Waals surface area (Å²) >= 11 is 10.6. The minimum atomic E-state index is -3.43. The lowest BCUT2D eigenvalue weighted by Crippen LogP contribution is -2.38. The lowest BCUT2D eigenvalue weighted by molar-refractivity contribution is 0.467. The molecule has 0 saturated heterocycles. The standard InChI is InChI=1S/C11H15ClN2O2S2/c1-2-14(7-11(13)17)18(15,16)8-9-4-3-5-10(12)6-9/h3-6H,2,7-8H2,1H3,(H2,13,17). The number of halogens is 1. The highest BCUT2D eigenvalue weighted by Crippen LogP contribution is 2.15. The van der Waals surface area contributed by atoms with Crippen LogP contribution in [-0.4, -0.2) is 30.8 Å². The van der Waals surface area contributed by atoms with Crippen molar-refractivity contribution in [2.45, 2.75) is 12.7 Å². The van der Waals surface area contributed by atoms with Crippen LogP contribution < -0.4 is 5.73 Å². The van der Waals surface area contributed by atoms with Gasteiger partial charge in [0.05, 0.1) is 17.3 Å². The van der Waals surface area contributed by atoms with Crippen LogP contribution in [0.1, 0.15) is 12.5 Å². The number of benzene rings is 1. The Bertz CT molecular complexity index is 532. The Balaban J connectivity index is 2.89. The number of rotatable bonds is 6. The second kappa shape index (κ2) is 6.47. The predicted molar refractivity (Wildman–Crippen MR) is 78.1 cm³/mol. The van der Waals surface area contributed by atoms with Crippen LogP contribution in [0.25, 0.3) is 0 Å². The summed E-state index contributed by atoms with van der Waals surface area (Å²) in [6, 6.07) is 6.77. The average molecular weight is 307 g/mol. The van der Waals surface area contributed by atoms with E-state index < -0.39 is 10.0 Å². The number of hydrogen-bond donors (Lipinski definition) is 1. The lowest BCUT2D eigenvalue weighted by Gasteiger charge is -2.19. The van der Waals surface area contributed by atoms with Gasteiger partial charge in [-0.1, -0.05) is 42.9 Å². The molecule has 0 heterocycles. The van der Waals surface area contributed by atoms with E-state index >= 15 is 0 Å². The van der Waals surface area contributed by atoms with Crippen molar-refractivity contribution in [1.82, 2.24) is 4.31 Å². The van der Waals surface area contributed by atoms with Crippen molar-refractivity contribution >= 4 is 38.8 Å². The number of nitrogens with two attached hydrogens (primary N) is 1. The van der Waals surface area contributed by atoms with Crippen molar-refractivity contribution in [2.75, 3.05) is 13.1 Å². The zero-order valence-corrected chi connectivity index (χ0v) is 12.4. The van der Waals surface area contributed by atoms with Crippen LogP contribution >= 0.6 is 23.8 Å². The van der Waals surface area contributed by atoms with E-state index in [4.69, 9.17) is 29.6 Å². The quantitative estimate of drug-likeness (QED) is 0.814. The van der Waals surface area contributed by atoms with E-state index in [0.29, 0.717) is 17.1 Å². The zero-order valence-electron chi connectivity index (χ0n) is 9.97. The molecule has 1 aromatic rings. The number of sulfonamides is 1. The Morgan fingerprint density at radius 2 is 2.17 bits per heavy atom. The van der Waals surface area contributed by atoms with Crippen molar-refractivity contribution in [3.05, 3.63) is 34.9 Å². The highest BCUT2D eigenvalue weighted by atomic mass is 35.5. The summed E-state index contributed by atoms with van der Waals surface area (Å²) in [6.45, 7) is 2.14. The second-order valence-corrected chi connectivity index (χ2v) is 6.71. The summed E-state index contributed by atoms with van der Waals surface area (Å²) in [7, 11) is -3.43. The molecule has 0 unspecified atom stereocenters. The van der Waals surface area contributed by atoms with Gasteiger partial charge in [-0.2, -0.15) is 4.31 Å². The summed E-state index contributed by atoms with van der Waals surface area (Å²) in [6.07, 6.45) is 0. The third-order valence-electron chi connectivity index (χ3n) is 2.32. The number of thiocarbonyl (C=S) groups is 1. The van der Waals surface area contributed by atoms with Gasteiger partial charge in [-0.3, -0.25) is 0 Å². The average Bonchev–Trinajstić information content (AvgIpc) is 2.24. The molecular weight excluding hydrogens is 292 g/mol. The largest absolute Gasteiger partial charge is 0.392 e. The summed E-state index contributed by atoms with van der Waals surface area (Å²) < 4.78 is 25.6. The van der Waals surface area contributed by atoms with Gasteiger partial charge >= 0.3 is 0 Å². The highest BCUT2D eigenvalue weighted by molar-refractivity contribution is 7.88. The first-order valence-corrected chi connectivity index (χ1v) is 7.75. The molecule has 0 amide bonds. The van der Waals surface area contributed by atoms with Gasteiger partial charge in [0.2, 0.25) is 10.0 Å². The molecule has 0 fully saturated rings. The van der Waals surface area contributed by atoms with Gasteiger partial charge in [0.15, 0.2) is 0 Å². The Morgan fingerprint density at radius 1 is 1.50 bits per heavy atom. The van der Waals surface area contributed by atoms with Crippen LogP contribution in [0.2, 0.25) is 5.02 Å². The molecule has 0 aliphatic rings. The normalized spacial score (nSPS) is 11.7. The molecule has 0 aliphatic heterocycles. The van der Waals surface area contributed by atoms with Gasteiger partial charge in [0, 0.05) is 11.6 Å². The van der Waals surface area contributed by atoms with E-state index in [9.17, 15) is 8.42 Å². The molecular formula is C11H15ClN2O2S2. The molecule has 100 valence electrons. The van der Waals surface area contributed by atoms with Crippen LogP contribution in [0, 0.1) is 0 Å². The fourth-order valence-corrected chi connectivity index (χ4v) is 3.47. The SMILES string of the molecule is CCN(CC(N)=S)S(=O)(=O)Cc1cccc(Cl)c1. The van der Waals surface area contributed by atoms with Gasteiger partial charge in [-0.15, -0.1) is 0 Å². The number of hydrogen-bond acceptors (Lipinski definition) is 3. The van der Waals surface area contributed by atoms with Crippen LogP contribution in [0.4, 0.5) is 0 Å². The number of likely N-dealkylation sites (N-methyl/N-ethyl adjacent to an activating group) is 1. The molecule has 2 N–H and O–H groups in total. The van der Waals surface area contributed by atoms with E-state index in [2.05, 4.69) is 0 Å². The third-order valence-corrected chi connectivity index (χ3v) is 4.55. The first kappa shape index (κ1) is 15.4. The summed E-state index contributed by atoms with van der Waals surface area (Å²) in [5, 5.41) is 0.514. The first-order chi connectivity index (χ1) is 8.35. The van der Waals surface area contributed by atoms with E-state index in [0.717, 1.165) is 0 Å². The molecule has 18 heavy (non-hydrogen) atoms. The summed E-state index contributed by atoms with van der Waals surface area (Å²) in [5.41, 5.74) is 6.03. The minimum Gasteiger partial charge on any atom is -0.392 e. The van der Waals surface area contributed by atoms with Gasteiger partial charge in [0.25, 0.3) is 0 Å². The van der Waals surface area contributed by atoms with E-state index in [1.807, 2.05) is 0 Å². The molecule has 0 aliphatic carbocycles. The monoisotopic (exact) mass is 306 g/mol. The molecule has 7 heteroatoms. The van der Waals surface area contributed by atoms with E-state index in [1.54, 1.807) is 31.2 Å². The fraction of sp³-hybridized carbons (Fsp3) is 0.364. The Labute approximate surface area is 118 Å². The smallest absolute Gasteiger partial charge is 0.218 e. The lowest BCUT2D eigenvalue weighted by atomic mass is 10.2. The molecule has 1 aromatic carbocycles. The molecule has 0 spiro atoms. The third kappa shape index (κ3) is 4.53. The van der Waals surface area contributed by atoms with Crippen molar-refractivity contribution in [3.63, 3.8) is 0 Å². The molecule has 0 radical (unpaired) electrons. The van der Waals surface area contributed by atoms with Crippen LogP contribution in [0.3, 0.4) is 0 Å². The van der Waals surface area contributed by atoms with Gasteiger partial charge in [0.1, 0.15) is 0 Å². The van der Waals surface area contributed by atoms with Crippen LogP contribution in [0.5, 0.6) is 0 Å². The van der Waals surface area contributed by atoms with Crippen molar-refractivity contribution < 1.29 is 8.42 Å². The molecule has 0 bridgehead atoms. The highest BCUT2D eigenvalue weighted by Gasteiger charge is 2.21. The maximum absolute atomic E-state index is 12.1. The van der Waals surface area contributed by atoms with Gasteiger partial charge < -0.3 is 5.73 Å². The van der Waals surface area contributed by atoms with Gasteiger partial charge in [-0.05, 0) is 17.7 Å². The number of nitrogens with zero attached hydrogens (tertiary/aromatic N) is 1. The van der Waals surface area contributed by atoms with Gasteiger partial charge in [-0.25, -0.2) is 8.42 Å². The second-order valence-electron chi connectivity index (χ2n) is 3.78. The van der Waals surface area contributed by atoms with Crippen LogP contribution in [-0.2, 0) is 15.8 Å². The molecule has 0 atom stereocenters. The molecule has 0 saturated carbocycles. The fourth-order valence-electron chi connectivity index (χ4n) is 1.51. The van der Waals surface area contributed by atoms with Crippen molar-refractivity contribution in [2.24, 2.45) is 5.73 Å². The summed E-state index contributed by atoms with van der Waals surface area (Å²) in [4.78, 5) is 0.159. The Kier molecular flexibility index (Phi) is 5.52. The molecule has 0 aromatic heterocycles. The van der Waals surface area contributed by atoms with E-state index in [-0.39, 0.29) is 17.3 Å². The molecule has 4 nitrogen and oxygen atoms in total. The van der Waals surface area contributed by atoms with Crippen molar-refractivity contribution in [1.29, 1.82) is 0 Å². The summed E-state index contributed by atoms with van der Waals surface area (Å²) in [5.74, 6) is -0.107. The predicted octanol–water partition coefficient (Wildman–Crippen LogP) is 1.78. The maximum Gasteiger partial charge on any atom is 0.218 e. The Hall–Kier alpha value is -0.690. The topological polar surface area (TPSA) is 63.4 Å². The molecule has 1 rings (SSSR count). The first-order valence-electron chi connectivity index (χ1n) is 5.35. The van der Waals surface area contributed by atoms with E-state index in [1.165, 1.54) is 4.31 Å². The maximum atomic E-state index is 12.1. The zero-order chi connectivity index (χ0) is 13.8. The van der Waals surface area contributed by atoms with Crippen LogP contribution in [0.15, 0.2) is 24.3 Å². The minimum absolute atomic E-state index is 0.0642. The Morgan fingerprint density at radius 3 is 2.67 bits per heavy atom. The van der Waals surface area contributed by atoms with Crippen molar-refractivity contribution in [3.8, 4) is 0 Å².